The van der Waals surface area contributed by atoms with Crippen LogP contribution in [0.2, 0.25) is 0 Å². The summed E-state index contributed by atoms with van der Waals surface area (Å²) in [6.45, 7) is 4.98. The van der Waals surface area contributed by atoms with Crippen LogP contribution in [0.25, 0.3) is 0 Å². The Bertz CT molecular complexity index is 1150. The summed E-state index contributed by atoms with van der Waals surface area (Å²) in [6.07, 6.45) is 1.06. The molecule has 1 amide bonds. The fraction of sp³-hybridized carbons (Fsp3) is 0.375. The molecular weight excluding hydrogens is 442 g/mol. The van der Waals surface area contributed by atoms with Gasteiger partial charge in [-0.1, -0.05) is 13.8 Å². The van der Waals surface area contributed by atoms with Crippen LogP contribution in [0.4, 0.5) is 17.1 Å². The van der Waals surface area contributed by atoms with Gasteiger partial charge in [-0.15, -0.1) is 0 Å². The van der Waals surface area contributed by atoms with Crippen LogP contribution in [0.3, 0.4) is 0 Å². The van der Waals surface area contributed by atoms with E-state index in [0.717, 1.165) is 6.42 Å². The lowest BCUT2D eigenvalue weighted by atomic mass is 9.91. The average Bonchev–Trinajstić information content (AvgIpc) is 2.80. The van der Waals surface area contributed by atoms with Crippen LogP contribution in [-0.4, -0.2) is 48.9 Å². The number of fused-ring (bicyclic) bond motifs is 1. The fourth-order valence-corrected chi connectivity index (χ4v) is 4.48. The van der Waals surface area contributed by atoms with E-state index in [4.69, 9.17) is 9.47 Å². The van der Waals surface area contributed by atoms with Gasteiger partial charge >= 0.3 is 5.97 Å². The molecule has 2 aliphatic rings. The summed E-state index contributed by atoms with van der Waals surface area (Å²) in [5.41, 5.74) is 0.877. The third-order valence-corrected chi connectivity index (χ3v) is 5.89. The topological polar surface area (TPSA) is 128 Å². The number of piperidine rings is 1. The minimum Gasteiger partial charge on any atom is -0.482 e. The Morgan fingerprint density at radius 3 is 2.56 bits per heavy atom. The smallest absolute Gasteiger partial charge is 0.338 e. The molecule has 4 rings (SSSR count). The number of anilines is 2. The van der Waals surface area contributed by atoms with Gasteiger partial charge in [0.25, 0.3) is 11.6 Å². The SMILES string of the molecule is C[C@@H]1C[C@H](C)CN(c2ccc(C(=O)OCC(=O)c3ccc4c(c3)NC(=O)CO4)cc2[N+](=O)[O-])C1. The number of nitro benzene ring substituents is 1. The second-order valence-electron chi connectivity index (χ2n) is 8.86. The lowest BCUT2D eigenvalue weighted by molar-refractivity contribution is -0.384. The number of nitrogens with one attached hydrogen (secondary N) is 1. The highest BCUT2D eigenvalue weighted by Gasteiger charge is 2.28. The van der Waals surface area contributed by atoms with Crippen molar-refractivity contribution in [3.05, 3.63) is 57.6 Å². The zero-order valence-electron chi connectivity index (χ0n) is 18.9. The number of ketones is 1. The van der Waals surface area contributed by atoms with Crippen molar-refractivity contribution in [1.82, 2.24) is 0 Å². The molecule has 0 radical (unpaired) electrons. The molecule has 0 unspecified atom stereocenters. The number of carbonyl (C=O) groups is 3. The number of carbonyl (C=O) groups excluding carboxylic acids is 3. The molecule has 1 fully saturated rings. The second kappa shape index (κ2) is 9.50. The van der Waals surface area contributed by atoms with E-state index in [0.29, 0.717) is 42.0 Å². The third-order valence-electron chi connectivity index (χ3n) is 5.89. The number of nitro groups is 1. The first-order valence-corrected chi connectivity index (χ1v) is 11.0. The first kappa shape index (κ1) is 23.2. The number of hydrogen-bond acceptors (Lipinski definition) is 8. The van der Waals surface area contributed by atoms with Crippen molar-refractivity contribution in [2.45, 2.75) is 20.3 Å². The Hall–Kier alpha value is -3.95. The molecule has 2 aliphatic heterocycles. The van der Waals surface area contributed by atoms with Crippen LogP contribution in [0.15, 0.2) is 36.4 Å². The predicted octanol–water partition coefficient (Wildman–Crippen LogP) is 3.45. The molecular formula is C24H25N3O7. The molecule has 2 heterocycles. The maximum absolute atomic E-state index is 12.5. The van der Waals surface area contributed by atoms with Gasteiger partial charge in [0, 0.05) is 24.7 Å². The predicted molar refractivity (Wildman–Crippen MR) is 123 cm³/mol. The second-order valence-corrected chi connectivity index (χ2v) is 8.86. The summed E-state index contributed by atoms with van der Waals surface area (Å²) in [5.74, 6) is -0.401. The standard InChI is InChI=1S/C24H25N3O7/c1-14-7-15(2)11-26(10-14)19-5-3-17(9-20(19)27(31)32)24(30)34-12-21(28)16-4-6-22-18(8-16)25-23(29)13-33-22/h3-6,8-9,14-15H,7,10-13H2,1-2H3,(H,25,29)/t14-,15+. The highest BCUT2D eigenvalue weighted by Crippen LogP contribution is 2.34. The van der Waals surface area contributed by atoms with E-state index in [1.165, 1.54) is 24.3 Å². The minimum absolute atomic E-state index is 0.00698. The number of amides is 1. The zero-order valence-corrected chi connectivity index (χ0v) is 18.9. The number of benzene rings is 2. The normalized spacial score (nSPS) is 19.5. The van der Waals surface area contributed by atoms with Gasteiger partial charge in [0.2, 0.25) is 0 Å². The van der Waals surface area contributed by atoms with Gasteiger partial charge in [0.1, 0.15) is 11.4 Å². The van der Waals surface area contributed by atoms with Gasteiger partial charge in [-0.05, 0) is 48.6 Å². The molecule has 2 atom stereocenters. The molecule has 1 saturated heterocycles. The Morgan fingerprint density at radius 2 is 1.85 bits per heavy atom. The minimum atomic E-state index is -0.835. The summed E-state index contributed by atoms with van der Waals surface area (Å²) in [4.78, 5) is 49.7. The number of ether oxygens (including phenoxy) is 2. The quantitative estimate of drug-likeness (QED) is 0.296. The molecule has 0 aliphatic carbocycles. The van der Waals surface area contributed by atoms with Gasteiger partial charge in [-0.25, -0.2) is 4.79 Å². The monoisotopic (exact) mass is 467 g/mol. The van der Waals surface area contributed by atoms with E-state index in [2.05, 4.69) is 19.2 Å². The summed E-state index contributed by atoms with van der Waals surface area (Å²) in [7, 11) is 0. The van der Waals surface area contributed by atoms with Gasteiger partial charge in [0.15, 0.2) is 19.0 Å². The average molecular weight is 467 g/mol. The Balaban J connectivity index is 1.45. The largest absolute Gasteiger partial charge is 0.482 e. The highest BCUT2D eigenvalue weighted by molar-refractivity contribution is 6.02. The van der Waals surface area contributed by atoms with E-state index in [-0.39, 0.29) is 29.3 Å². The van der Waals surface area contributed by atoms with E-state index in [9.17, 15) is 24.5 Å². The van der Waals surface area contributed by atoms with Crippen molar-refractivity contribution in [1.29, 1.82) is 0 Å². The van der Waals surface area contributed by atoms with Crippen LogP contribution in [0.1, 0.15) is 41.0 Å². The summed E-state index contributed by atoms with van der Waals surface area (Å²) < 4.78 is 10.4. The number of Topliss-reactive ketones (excluding diaryl/α,β-unsaturated/α-hetero) is 1. The molecule has 0 spiro atoms. The van der Waals surface area contributed by atoms with Crippen molar-refractivity contribution in [3.8, 4) is 5.75 Å². The lowest BCUT2D eigenvalue weighted by Gasteiger charge is -2.36. The first-order valence-electron chi connectivity index (χ1n) is 11.0. The molecule has 0 bridgehead atoms. The van der Waals surface area contributed by atoms with Crippen LogP contribution in [-0.2, 0) is 9.53 Å². The Kier molecular flexibility index (Phi) is 6.49. The maximum atomic E-state index is 12.5. The zero-order chi connectivity index (χ0) is 24.4. The molecule has 2 aromatic rings. The van der Waals surface area contributed by atoms with Gasteiger partial charge < -0.3 is 19.7 Å². The summed E-state index contributed by atoms with van der Waals surface area (Å²) >= 11 is 0. The summed E-state index contributed by atoms with van der Waals surface area (Å²) in [6, 6.07) is 8.74. The molecule has 2 aromatic carbocycles. The number of esters is 1. The molecule has 178 valence electrons. The number of nitrogens with zero attached hydrogens (tertiary/aromatic N) is 2. The Labute approximate surface area is 196 Å². The fourth-order valence-electron chi connectivity index (χ4n) is 4.48. The van der Waals surface area contributed by atoms with Crippen molar-refractivity contribution in [3.63, 3.8) is 0 Å². The van der Waals surface area contributed by atoms with Crippen molar-refractivity contribution in [2.75, 3.05) is 36.5 Å². The number of rotatable bonds is 6. The van der Waals surface area contributed by atoms with Crippen LogP contribution in [0.5, 0.6) is 5.75 Å². The van der Waals surface area contributed by atoms with E-state index >= 15 is 0 Å². The highest BCUT2D eigenvalue weighted by atomic mass is 16.6. The molecule has 0 saturated carbocycles. The molecule has 10 heteroatoms. The maximum Gasteiger partial charge on any atom is 0.338 e. The van der Waals surface area contributed by atoms with E-state index < -0.39 is 23.3 Å². The van der Waals surface area contributed by atoms with E-state index in [1.54, 1.807) is 12.1 Å². The van der Waals surface area contributed by atoms with Gasteiger partial charge in [0.05, 0.1) is 16.2 Å². The number of hydrogen-bond donors (Lipinski definition) is 1. The van der Waals surface area contributed by atoms with Crippen molar-refractivity contribution < 1.29 is 28.8 Å². The van der Waals surface area contributed by atoms with Crippen molar-refractivity contribution >= 4 is 34.7 Å². The first-order chi connectivity index (χ1) is 16.2. The van der Waals surface area contributed by atoms with Gasteiger partial charge in [-0.3, -0.25) is 19.7 Å². The van der Waals surface area contributed by atoms with Crippen LogP contribution < -0.4 is 15.0 Å². The molecule has 1 N–H and O–H groups in total. The van der Waals surface area contributed by atoms with Crippen LogP contribution in [0, 0.1) is 22.0 Å². The van der Waals surface area contributed by atoms with Crippen molar-refractivity contribution in [2.24, 2.45) is 11.8 Å². The lowest BCUT2D eigenvalue weighted by Crippen LogP contribution is -2.39. The molecule has 34 heavy (non-hydrogen) atoms. The molecule has 0 aromatic heterocycles. The van der Waals surface area contributed by atoms with E-state index in [1.807, 2.05) is 4.90 Å². The van der Waals surface area contributed by atoms with Gasteiger partial charge in [-0.2, -0.15) is 0 Å². The third kappa shape index (κ3) is 5.00. The van der Waals surface area contributed by atoms with Crippen LogP contribution >= 0.6 is 0 Å². The molecule has 10 nitrogen and oxygen atoms in total. The summed E-state index contributed by atoms with van der Waals surface area (Å²) in [5, 5.41) is 14.3. The Morgan fingerprint density at radius 1 is 1.15 bits per heavy atom.